The van der Waals surface area contributed by atoms with Gasteiger partial charge in [-0.2, -0.15) is 0 Å². The molecule has 1 heterocycles. The smallest absolute Gasteiger partial charge is 0.335 e. The molecule has 0 spiro atoms. The van der Waals surface area contributed by atoms with Crippen molar-refractivity contribution in [1.82, 2.24) is 4.90 Å². The summed E-state index contributed by atoms with van der Waals surface area (Å²) in [5.41, 5.74) is -0.0189. The molecule has 1 fully saturated rings. The van der Waals surface area contributed by atoms with Crippen LogP contribution in [0.5, 0.6) is 5.75 Å². The summed E-state index contributed by atoms with van der Waals surface area (Å²) in [6.45, 7) is 0.310. The number of benzene rings is 1. The molecule has 0 radical (unpaired) electrons. The van der Waals surface area contributed by atoms with Crippen LogP contribution in [0, 0.1) is 5.92 Å². The molecule has 20 heavy (non-hydrogen) atoms. The van der Waals surface area contributed by atoms with Gasteiger partial charge < -0.3 is 20.4 Å². The molecule has 7 heteroatoms. The maximum Gasteiger partial charge on any atom is 0.335 e. The van der Waals surface area contributed by atoms with Crippen LogP contribution in [-0.4, -0.2) is 46.5 Å². The molecule has 3 N–H and O–H groups in total. The van der Waals surface area contributed by atoms with Crippen molar-refractivity contribution in [2.45, 2.75) is 6.42 Å². The predicted octanol–water partition coefficient (Wildman–Crippen LogP) is 0.507. The Balaban J connectivity index is 2.14. The Kier molecular flexibility index (Phi) is 3.60. The zero-order valence-electron chi connectivity index (χ0n) is 10.8. The number of carbonyl (C=O) groups is 3. The van der Waals surface area contributed by atoms with Crippen LogP contribution in [-0.2, 0) is 9.59 Å². The van der Waals surface area contributed by atoms with Gasteiger partial charge in [-0.3, -0.25) is 9.59 Å². The summed E-state index contributed by atoms with van der Waals surface area (Å²) in [6.07, 6.45) is 0.113. The van der Waals surface area contributed by atoms with Crippen LogP contribution in [0.2, 0.25) is 0 Å². The molecule has 2 amide bonds. The number of anilines is 1. The molecule has 1 aromatic rings. The lowest BCUT2D eigenvalue weighted by Gasteiger charge is -2.12. The van der Waals surface area contributed by atoms with Crippen molar-refractivity contribution in [2.75, 3.05) is 18.9 Å². The SMILES string of the molecule is CN1CC(C(=O)Nc2cc(C(=O)O)ccc2O)CC1=O. The number of aromatic carboxylic acids is 1. The van der Waals surface area contributed by atoms with Gasteiger partial charge in [-0.15, -0.1) is 0 Å². The van der Waals surface area contributed by atoms with Crippen LogP contribution in [0.3, 0.4) is 0 Å². The topological polar surface area (TPSA) is 107 Å². The number of amides is 2. The summed E-state index contributed by atoms with van der Waals surface area (Å²) in [6, 6.07) is 3.61. The fourth-order valence-corrected chi connectivity index (χ4v) is 2.04. The van der Waals surface area contributed by atoms with Crippen LogP contribution in [0.1, 0.15) is 16.8 Å². The minimum absolute atomic E-state index is 0.0249. The maximum absolute atomic E-state index is 12.0. The minimum Gasteiger partial charge on any atom is -0.506 e. The van der Waals surface area contributed by atoms with E-state index in [2.05, 4.69) is 5.32 Å². The lowest BCUT2D eigenvalue weighted by Crippen LogP contribution is -2.25. The Labute approximate surface area is 114 Å². The maximum atomic E-state index is 12.0. The molecule has 7 nitrogen and oxygen atoms in total. The first-order chi connectivity index (χ1) is 9.38. The second-order valence-electron chi connectivity index (χ2n) is 4.70. The third kappa shape index (κ3) is 2.71. The van der Waals surface area contributed by atoms with E-state index in [-0.39, 0.29) is 29.3 Å². The van der Waals surface area contributed by atoms with Crippen LogP contribution in [0.15, 0.2) is 18.2 Å². The quantitative estimate of drug-likeness (QED) is 0.698. The van der Waals surface area contributed by atoms with E-state index in [1.165, 1.54) is 23.1 Å². The van der Waals surface area contributed by atoms with Crippen molar-refractivity contribution >= 4 is 23.5 Å². The first-order valence-electron chi connectivity index (χ1n) is 5.99. The van der Waals surface area contributed by atoms with Crippen LogP contribution in [0.4, 0.5) is 5.69 Å². The average Bonchev–Trinajstić information content (AvgIpc) is 2.72. The normalized spacial score (nSPS) is 18.1. The zero-order chi connectivity index (χ0) is 14.9. The Morgan fingerprint density at radius 1 is 1.40 bits per heavy atom. The van der Waals surface area contributed by atoms with Gasteiger partial charge in [-0.25, -0.2) is 4.79 Å². The van der Waals surface area contributed by atoms with Crippen molar-refractivity contribution < 1.29 is 24.6 Å². The molecule has 1 aromatic carbocycles. The monoisotopic (exact) mass is 278 g/mol. The molecule has 1 saturated heterocycles. The lowest BCUT2D eigenvalue weighted by molar-refractivity contribution is -0.127. The fourth-order valence-electron chi connectivity index (χ4n) is 2.04. The van der Waals surface area contributed by atoms with Crippen molar-refractivity contribution in [3.63, 3.8) is 0 Å². The Hall–Kier alpha value is -2.57. The highest BCUT2D eigenvalue weighted by Gasteiger charge is 2.32. The van der Waals surface area contributed by atoms with Crippen molar-refractivity contribution in [3.05, 3.63) is 23.8 Å². The van der Waals surface area contributed by atoms with Crippen molar-refractivity contribution in [1.29, 1.82) is 0 Å². The van der Waals surface area contributed by atoms with E-state index in [0.29, 0.717) is 6.54 Å². The zero-order valence-corrected chi connectivity index (χ0v) is 10.8. The number of nitrogens with zero attached hydrogens (tertiary/aromatic N) is 1. The summed E-state index contributed by atoms with van der Waals surface area (Å²) in [4.78, 5) is 35.7. The van der Waals surface area contributed by atoms with Crippen LogP contribution >= 0.6 is 0 Å². The highest BCUT2D eigenvalue weighted by atomic mass is 16.4. The van der Waals surface area contributed by atoms with Gasteiger partial charge in [-0.05, 0) is 18.2 Å². The van der Waals surface area contributed by atoms with E-state index in [0.717, 1.165) is 0 Å². The summed E-state index contributed by atoms with van der Waals surface area (Å²) in [5, 5.41) is 21.0. The molecular formula is C13H14N2O5. The molecule has 1 aliphatic heterocycles. The van der Waals surface area contributed by atoms with Gasteiger partial charge >= 0.3 is 5.97 Å². The van der Waals surface area contributed by atoms with Crippen LogP contribution in [0.25, 0.3) is 0 Å². The number of rotatable bonds is 3. The summed E-state index contributed by atoms with van der Waals surface area (Å²) < 4.78 is 0. The Morgan fingerprint density at radius 2 is 2.10 bits per heavy atom. The van der Waals surface area contributed by atoms with Gasteiger partial charge in [0, 0.05) is 20.0 Å². The standard InChI is InChI=1S/C13H14N2O5/c1-15-6-8(5-11(15)17)12(18)14-9-4-7(13(19)20)2-3-10(9)16/h2-4,8,16H,5-6H2,1H3,(H,14,18)(H,19,20). The van der Waals surface area contributed by atoms with E-state index in [1.54, 1.807) is 7.05 Å². The second kappa shape index (κ2) is 5.20. The van der Waals surface area contributed by atoms with Gasteiger partial charge in [0.2, 0.25) is 11.8 Å². The average molecular weight is 278 g/mol. The number of carboxylic acid groups (broad SMARTS) is 1. The lowest BCUT2D eigenvalue weighted by atomic mass is 10.1. The Morgan fingerprint density at radius 3 is 2.65 bits per heavy atom. The first kappa shape index (κ1) is 13.9. The van der Waals surface area contributed by atoms with Gasteiger partial charge in [-0.1, -0.05) is 0 Å². The van der Waals surface area contributed by atoms with Crippen LogP contribution < -0.4 is 5.32 Å². The summed E-state index contributed by atoms with van der Waals surface area (Å²) >= 11 is 0. The second-order valence-corrected chi connectivity index (χ2v) is 4.70. The summed E-state index contributed by atoms with van der Waals surface area (Å²) in [7, 11) is 1.61. The van der Waals surface area contributed by atoms with Crippen molar-refractivity contribution in [2.24, 2.45) is 5.92 Å². The number of hydrogen-bond acceptors (Lipinski definition) is 4. The molecule has 1 aliphatic rings. The van der Waals surface area contributed by atoms with E-state index in [4.69, 9.17) is 5.11 Å². The highest BCUT2D eigenvalue weighted by molar-refractivity contribution is 5.99. The minimum atomic E-state index is -1.16. The van der Waals surface area contributed by atoms with Gasteiger partial charge in [0.25, 0.3) is 0 Å². The third-order valence-corrected chi connectivity index (χ3v) is 3.21. The molecule has 1 atom stereocenters. The number of carbonyl (C=O) groups excluding carboxylic acids is 2. The molecule has 106 valence electrons. The number of aromatic hydroxyl groups is 1. The largest absolute Gasteiger partial charge is 0.506 e. The van der Waals surface area contributed by atoms with E-state index < -0.39 is 17.8 Å². The highest BCUT2D eigenvalue weighted by Crippen LogP contribution is 2.26. The summed E-state index contributed by atoms with van der Waals surface area (Å²) in [5.74, 6) is -2.41. The van der Waals surface area contributed by atoms with Gasteiger partial charge in [0.1, 0.15) is 5.75 Å². The first-order valence-corrected chi connectivity index (χ1v) is 5.99. The molecule has 1 unspecified atom stereocenters. The van der Waals surface area contributed by atoms with E-state index in [9.17, 15) is 19.5 Å². The molecule has 0 saturated carbocycles. The number of phenolic OH excluding ortho intramolecular Hbond substituents is 1. The molecule has 0 aromatic heterocycles. The number of hydrogen-bond donors (Lipinski definition) is 3. The fraction of sp³-hybridized carbons (Fsp3) is 0.308. The molecule has 2 rings (SSSR count). The molecular weight excluding hydrogens is 264 g/mol. The Bertz CT molecular complexity index is 584. The van der Waals surface area contributed by atoms with E-state index >= 15 is 0 Å². The number of nitrogens with one attached hydrogen (secondary N) is 1. The molecule has 0 bridgehead atoms. The third-order valence-electron chi connectivity index (χ3n) is 3.21. The number of phenols is 1. The van der Waals surface area contributed by atoms with Gasteiger partial charge in [0.05, 0.1) is 17.2 Å². The van der Waals surface area contributed by atoms with Gasteiger partial charge in [0.15, 0.2) is 0 Å². The number of likely N-dealkylation sites (tertiary alicyclic amines) is 1. The molecule has 0 aliphatic carbocycles. The van der Waals surface area contributed by atoms with Crippen molar-refractivity contribution in [3.8, 4) is 5.75 Å². The predicted molar refractivity (Wildman–Crippen MR) is 69.4 cm³/mol. The number of carboxylic acids is 1. The van der Waals surface area contributed by atoms with E-state index in [1.807, 2.05) is 0 Å².